The van der Waals surface area contributed by atoms with Gasteiger partial charge in [-0.3, -0.25) is 0 Å². The highest BCUT2D eigenvalue weighted by Gasteiger charge is 2.30. The van der Waals surface area contributed by atoms with E-state index in [0.717, 1.165) is 0 Å². The van der Waals surface area contributed by atoms with Gasteiger partial charge in [-0.2, -0.15) is 0 Å². The molecule has 1 aromatic rings. The molecular formula is C17H22BN4P. The fraction of sp³-hybridized carbons (Fsp3) is 0.412. The first kappa shape index (κ1) is 20.7. The molecule has 0 aliphatic carbocycles. The Morgan fingerprint density at radius 3 is 1.43 bits per heavy atom. The summed E-state index contributed by atoms with van der Waals surface area (Å²) in [7, 11) is -0.661. The normalized spacial score (nSPS) is 10.0. The van der Waals surface area contributed by atoms with Crippen LogP contribution in [0.2, 0.25) is 0 Å². The third-order valence-electron chi connectivity index (χ3n) is 4.15. The van der Waals surface area contributed by atoms with Gasteiger partial charge in [0.2, 0.25) is 0 Å². The molecule has 0 N–H and O–H groups in total. The molecule has 0 bridgehead atoms. The third kappa shape index (κ3) is 6.13. The Kier molecular flexibility index (Phi) is 9.36. The van der Waals surface area contributed by atoms with Crippen LogP contribution in [0, 0.1) is 44.9 Å². The molecule has 0 atom stereocenters. The van der Waals surface area contributed by atoms with Gasteiger partial charge in [0.05, 0.1) is 24.6 Å². The molecule has 1 rings (SSSR count). The number of hydrogen-bond acceptors (Lipinski definition) is 4. The monoisotopic (exact) mass is 324 g/mol. The quantitative estimate of drug-likeness (QED) is 0.605. The van der Waals surface area contributed by atoms with E-state index < -0.39 is 13.4 Å². The number of nitrogens with zero attached hydrogens (tertiary/aromatic N) is 4. The van der Waals surface area contributed by atoms with E-state index in [1.165, 1.54) is 54.1 Å². The molecule has 6 heteroatoms. The lowest BCUT2D eigenvalue weighted by Gasteiger charge is -2.23. The van der Waals surface area contributed by atoms with Crippen LogP contribution in [0.5, 0.6) is 0 Å². The average molecular weight is 324 g/mol. The van der Waals surface area contributed by atoms with Gasteiger partial charge in [-0.25, -0.2) is 21.0 Å². The van der Waals surface area contributed by atoms with Gasteiger partial charge in [0.15, 0.2) is 0 Å². The second-order valence-corrected chi connectivity index (χ2v) is 10.2. The lowest BCUT2D eigenvalue weighted by atomic mass is 9.30. The standard InChI is InChI=1S/C13H22P.C4BN4/c1-4-14(5-2,6-3)12-13-10-8-7-9-11-13;6-1-5(2-7,3-8)4-9/h7-11H,4-6,12H2,1-3H3;/q+1;-1. The van der Waals surface area contributed by atoms with Crippen LogP contribution in [0.15, 0.2) is 30.3 Å². The van der Waals surface area contributed by atoms with Crippen molar-refractivity contribution >= 4 is 13.4 Å². The smallest absolute Gasteiger partial charge is 0.245 e. The lowest BCUT2D eigenvalue weighted by Crippen LogP contribution is -2.26. The Labute approximate surface area is 140 Å². The van der Waals surface area contributed by atoms with Gasteiger partial charge in [0.1, 0.15) is 0 Å². The minimum atomic E-state index is -2.72. The molecule has 0 aromatic heterocycles. The zero-order valence-corrected chi connectivity index (χ0v) is 14.9. The molecule has 0 saturated heterocycles. The van der Waals surface area contributed by atoms with Crippen molar-refractivity contribution in [3.63, 3.8) is 0 Å². The first-order valence-corrected chi connectivity index (χ1v) is 10.2. The molecule has 23 heavy (non-hydrogen) atoms. The number of nitriles is 4. The van der Waals surface area contributed by atoms with Crippen LogP contribution < -0.4 is 0 Å². The Balaban J connectivity index is 0.000000468. The summed E-state index contributed by atoms with van der Waals surface area (Å²) in [6.07, 6.45) is 2.82. The van der Waals surface area contributed by atoms with E-state index in [1.54, 1.807) is 0 Å². The minimum absolute atomic E-state index is 0.661. The van der Waals surface area contributed by atoms with E-state index in [9.17, 15) is 0 Å². The van der Waals surface area contributed by atoms with E-state index in [2.05, 4.69) is 51.1 Å². The van der Waals surface area contributed by atoms with Gasteiger partial charge < -0.3 is 0 Å². The summed E-state index contributed by atoms with van der Waals surface area (Å²) in [5, 5.41) is 32.3. The van der Waals surface area contributed by atoms with Crippen LogP contribution in [0.25, 0.3) is 0 Å². The molecule has 0 aliphatic heterocycles. The van der Waals surface area contributed by atoms with Gasteiger partial charge >= 0.3 is 6.15 Å². The Bertz CT molecular complexity index is 573. The zero-order chi connectivity index (χ0) is 17.8. The number of rotatable bonds is 5. The molecular weight excluding hydrogens is 302 g/mol. The van der Waals surface area contributed by atoms with Crippen molar-refractivity contribution < 1.29 is 0 Å². The molecule has 0 unspecified atom stereocenters. The minimum Gasteiger partial charge on any atom is -0.245 e. The van der Waals surface area contributed by atoms with Crippen LogP contribution in [0.1, 0.15) is 26.3 Å². The van der Waals surface area contributed by atoms with Crippen LogP contribution >= 0.6 is 7.26 Å². The first-order valence-electron chi connectivity index (χ1n) is 7.70. The van der Waals surface area contributed by atoms with Crippen molar-refractivity contribution in [2.24, 2.45) is 0 Å². The maximum absolute atomic E-state index is 8.09. The number of hydrogen-bond donors (Lipinski definition) is 0. The highest BCUT2D eigenvalue weighted by Crippen LogP contribution is 2.60. The summed E-state index contributed by atoms with van der Waals surface area (Å²) in [5.74, 6) is 5.38. The second-order valence-electron chi connectivity index (χ2n) is 5.32. The van der Waals surface area contributed by atoms with Crippen molar-refractivity contribution in [2.75, 3.05) is 18.5 Å². The predicted molar refractivity (Wildman–Crippen MR) is 96.9 cm³/mol. The number of benzene rings is 1. The molecule has 0 spiro atoms. The summed E-state index contributed by atoms with van der Waals surface area (Å²) in [5.41, 5.74) is 1.53. The highest BCUT2D eigenvalue weighted by molar-refractivity contribution is 7.75. The van der Waals surface area contributed by atoms with E-state index >= 15 is 0 Å². The van der Waals surface area contributed by atoms with Crippen LogP contribution in [-0.4, -0.2) is 24.6 Å². The van der Waals surface area contributed by atoms with Gasteiger partial charge in [-0.15, -0.1) is 23.9 Å². The van der Waals surface area contributed by atoms with Crippen molar-refractivity contribution in [1.29, 1.82) is 21.0 Å². The van der Waals surface area contributed by atoms with E-state index in [0.29, 0.717) is 0 Å². The predicted octanol–water partition coefficient (Wildman–Crippen LogP) is 3.95. The largest absolute Gasteiger partial charge is 0.383 e. The topological polar surface area (TPSA) is 95.2 Å². The Morgan fingerprint density at radius 2 is 1.17 bits per heavy atom. The summed E-state index contributed by atoms with van der Waals surface area (Å²) in [6, 6.07) is 11.0. The van der Waals surface area contributed by atoms with Gasteiger partial charge in [-0.05, 0) is 26.3 Å². The van der Waals surface area contributed by atoms with Gasteiger partial charge in [0, 0.05) is 7.26 Å². The molecule has 0 saturated carbocycles. The Hall–Kier alpha value is -2.33. The van der Waals surface area contributed by atoms with Crippen molar-refractivity contribution in [1.82, 2.24) is 0 Å². The van der Waals surface area contributed by atoms with E-state index in [-0.39, 0.29) is 0 Å². The molecule has 4 nitrogen and oxygen atoms in total. The Morgan fingerprint density at radius 1 is 0.783 bits per heavy atom. The third-order valence-corrected chi connectivity index (χ3v) is 9.21. The molecule has 0 fully saturated rings. The molecule has 0 heterocycles. The van der Waals surface area contributed by atoms with Gasteiger partial charge in [0.25, 0.3) is 0 Å². The molecule has 0 radical (unpaired) electrons. The molecule has 0 amide bonds. The summed E-state index contributed by atoms with van der Waals surface area (Å²) >= 11 is 0. The molecule has 1 aromatic carbocycles. The van der Waals surface area contributed by atoms with E-state index in [4.69, 9.17) is 21.0 Å². The van der Waals surface area contributed by atoms with Gasteiger partial charge in [-0.1, -0.05) is 30.3 Å². The fourth-order valence-corrected chi connectivity index (χ4v) is 5.15. The summed E-state index contributed by atoms with van der Waals surface area (Å²) < 4.78 is 0. The second kappa shape index (κ2) is 10.4. The summed E-state index contributed by atoms with van der Waals surface area (Å²) in [6.45, 7) is 7.09. The molecule has 0 aliphatic rings. The highest BCUT2D eigenvalue weighted by atomic mass is 31.2. The fourth-order valence-electron chi connectivity index (χ4n) is 2.15. The van der Waals surface area contributed by atoms with Crippen LogP contribution in [-0.2, 0) is 6.16 Å². The summed E-state index contributed by atoms with van der Waals surface area (Å²) in [4.78, 5) is 0. The van der Waals surface area contributed by atoms with E-state index in [1.807, 2.05) is 0 Å². The molecule has 118 valence electrons. The van der Waals surface area contributed by atoms with Crippen molar-refractivity contribution in [2.45, 2.75) is 26.9 Å². The SMILES string of the molecule is CC[P+](CC)(CC)Cc1ccccc1.N#C[B-](C#N)(C#N)C#N. The zero-order valence-electron chi connectivity index (χ0n) is 14.0. The van der Waals surface area contributed by atoms with Crippen molar-refractivity contribution in [3.8, 4) is 23.9 Å². The van der Waals surface area contributed by atoms with Crippen LogP contribution in [0.3, 0.4) is 0 Å². The lowest BCUT2D eigenvalue weighted by molar-refractivity contribution is 1.22. The maximum atomic E-state index is 8.09. The first-order chi connectivity index (χ1) is 11.0. The average Bonchev–Trinajstić information content (AvgIpc) is 2.64. The maximum Gasteiger partial charge on any atom is 0.383 e. The van der Waals surface area contributed by atoms with Crippen molar-refractivity contribution in [3.05, 3.63) is 35.9 Å². The van der Waals surface area contributed by atoms with Crippen LogP contribution in [0.4, 0.5) is 0 Å².